The minimum absolute atomic E-state index is 0. The second kappa shape index (κ2) is 7.92. The van der Waals surface area contributed by atoms with Crippen LogP contribution in [0.15, 0.2) is 48.5 Å². The largest absolute Gasteiger partial charge is 1.00 e. The van der Waals surface area contributed by atoms with E-state index in [1.54, 1.807) is 0 Å². The van der Waals surface area contributed by atoms with Gasteiger partial charge in [0.1, 0.15) is 17.2 Å². The Balaban J connectivity index is 0.00000288. The van der Waals surface area contributed by atoms with Gasteiger partial charge in [0, 0.05) is 0 Å². The zero-order valence-corrected chi connectivity index (χ0v) is 13.1. The number of halogens is 4. The predicted octanol–water partition coefficient (Wildman–Crippen LogP) is 1.35. The standard InChI is InChI=1S/C16H13F3O4.ClH/c1-10(15(20)21)22-12-6-8-14(9-7-12)23-13-4-2-11(3-5-13)16(17,18)19;/h2-10H,1H3,(H,20,21);1H/p-1. The maximum absolute atomic E-state index is 12.5. The van der Waals surface area contributed by atoms with Crippen molar-refractivity contribution < 1.29 is 45.0 Å². The molecule has 1 atom stereocenters. The minimum Gasteiger partial charge on any atom is -1.00 e. The van der Waals surface area contributed by atoms with Gasteiger partial charge < -0.3 is 27.0 Å². The third-order valence-corrected chi connectivity index (χ3v) is 2.90. The summed E-state index contributed by atoms with van der Waals surface area (Å²) in [5.74, 6) is -0.0968. The van der Waals surface area contributed by atoms with Gasteiger partial charge in [-0.2, -0.15) is 13.2 Å². The number of aliphatic carboxylic acids is 1. The number of alkyl halides is 3. The van der Waals surface area contributed by atoms with E-state index in [1.807, 2.05) is 0 Å². The summed E-state index contributed by atoms with van der Waals surface area (Å²) in [6.07, 6.45) is -5.38. The van der Waals surface area contributed by atoms with Gasteiger partial charge in [0.15, 0.2) is 6.10 Å². The highest BCUT2D eigenvalue weighted by Crippen LogP contribution is 2.31. The molecule has 2 aromatic carbocycles. The molecule has 0 saturated carbocycles. The number of carboxylic acids is 1. The van der Waals surface area contributed by atoms with E-state index in [2.05, 4.69) is 0 Å². The maximum atomic E-state index is 12.5. The molecule has 0 radical (unpaired) electrons. The number of hydrogen-bond acceptors (Lipinski definition) is 3. The van der Waals surface area contributed by atoms with Gasteiger partial charge in [-0.25, -0.2) is 4.79 Å². The Morgan fingerprint density at radius 3 is 1.79 bits per heavy atom. The van der Waals surface area contributed by atoms with Crippen molar-refractivity contribution in [1.82, 2.24) is 0 Å². The summed E-state index contributed by atoms with van der Waals surface area (Å²) in [6.45, 7) is 1.40. The SMILES string of the molecule is CC(Oc1ccc(Oc2ccc(C(F)(F)F)cc2)cc1)C(=O)O.[Cl-]. The van der Waals surface area contributed by atoms with Gasteiger partial charge in [-0.05, 0) is 55.5 Å². The Labute approximate surface area is 142 Å². The molecule has 0 aliphatic heterocycles. The Bertz CT molecular complexity index is 669. The number of rotatable bonds is 5. The quantitative estimate of drug-likeness (QED) is 0.873. The molecule has 130 valence electrons. The first-order valence-electron chi connectivity index (χ1n) is 6.60. The van der Waals surface area contributed by atoms with Gasteiger partial charge in [-0.1, -0.05) is 0 Å². The lowest BCUT2D eigenvalue weighted by Crippen LogP contribution is -3.00. The number of hydrogen-bond donors (Lipinski definition) is 1. The van der Waals surface area contributed by atoms with Crippen molar-refractivity contribution in [2.45, 2.75) is 19.2 Å². The molecule has 1 unspecified atom stereocenters. The third kappa shape index (κ3) is 5.34. The smallest absolute Gasteiger partial charge is 0.416 e. The Morgan fingerprint density at radius 1 is 0.958 bits per heavy atom. The molecule has 0 bridgehead atoms. The van der Waals surface area contributed by atoms with Crippen LogP contribution in [0.1, 0.15) is 12.5 Å². The van der Waals surface area contributed by atoms with Crippen molar-refractivity contribution >= 4 is 5.97 Å². The van der Waals surface area contributed by atoms with Crippen LogP contribution in [0, 0.1) is 0 Å². The van der Waals surface area contributed by atoms with Crippen LogP contribution in [0.4, 0.5) is 13.2 Å². The molecular weight excluding hydrogens is 349 g/mol. The second-order valence-electron chi connectivity index (χ2n) is 4.69. The first-order valence-corrected chi connectivity index (χ1v) is 6.60. The number of benzene rings is 2. The molecule has 8 heteroatoms. The molecule has 0 fully saturated rings. The van der Waals surface area contributed by atoms with E-state index in [4.69, 9.17) is 14.6 Å². The molecule has 0 spiro atoms. The van der Waals surface area contributed by atoms with Crippen molar-refractivity contribution in [1.29, 1.82) is 0 Å². The van der Waals surface area contributed by atoms with E-state index >= 15 is 0 Å². The summed E-state index contributed by atoms with van der Waals surface area (Å²) in [5, 5.41) is 8.74. The van der Waals surface area contributed by atoms with Crippen LogP contribution >= 0.6 is 0 Å². The van der Waals surface area contributed by atoms with E-state index < -0.39 is 23.8 Å². The van der Waals surface area contributed by atoms with Gasteiger partial charge in [0.25, 0.3) is 0 Å². The van der Waals surface area contributed by atoms with Crippen LogP contribution in [0.3, 0.4) is 0 Å². The summed E-state index contributed by atoms with van der Waals surface area (Å²) in [4.78, 5) is 10.7. The average molecular weight is 362 g/mol. The molecule has 0 aromatic heterocycles. The normalized spacial score (nSPS) is 12.0. The molecule has 4 nitrogen and oxygen atoms in total. The Hall–Kier alpha value is -2.41. The third-order valence-electron chi connectivity index (χ3n) is 2.90. The fourth-order valence-corrected chi connectivity index (χ4v) is 1.69. The van der Waals surface area contributed by atoms with E-state index in [9.17, 15) is 18.0 Å². The van der Waals surface area contributed by atoms with Gasteiger partial charge in [0.2, 0.25) is 0 Å². The van der Waals surface area contributed by atoms with Crippen molar-refractivity contribution in [2.75, 3.05) is 0 Å². The van der Waals surface area contributed by atoms with Crippen molar-refractivity contribution in [3.05, 3.63) is 54.1 Å². The maximum Gasteiger partial charge on any atom is 0.416 e. The summed E-state index contributed by atoms with van der Waals surface area (Å²) >= 11 is 0. The summed E-state index contributed by atoms with van der Waals surface area (Å²) in [6, 6.07) is 10.4. The van der Waals surface area contributed by atoms with Crippen LogP contribution in [-0.2, 0) is 11.0 Å². The fourth-order valence-electron chi connectivity index (χ4n) is 1.69. The second-order valence-corrected chi connectivity index (χ2v) is 4.69. The molecule has 0 aliphatic carbocycles. The molecule has 24 heavy (non-hydrogen) atoms. The van der Waals surface area contributed by atoms with Crippen molar-refractivity contribution in [3.63, 3.8) is 0 Å². The van der Waals surface area contributed by atoms with Crippen LogP contribution in [0.25, 0.3) is 0 Å². The zero-order chi connectivity index (χ0) is 17.0. The molecule has 0 saturated heterocycles. The van der Waals surface area contributed by atoms with E-state index in [0.717, 1.165) is 12.1 Å². The average Bonchev–Trinajstić information content (AvgIpc) is 2.49. The first kappa shape index (κ1) is 19.6. The van der Waals surface area contributed by atoms with E-state index in [1.165, 1.54) is 43.3 Å². The molecule has 1 N–H and O–H groups in total. The van der Waals surface area contributed by atoms with Gasteiger partial charge >= 0.3 is 12.1 Å². The highest BCUT2D eigenvalue weighted by Gasteiger charge is 2.30. The first-order chi connectivity index (χ1) is 10.8. The zero-order valence-electron chi connectivity index (χ0n) is 12.4. The highest BCUT2D eigenvalue weighted by molar-refractivity contribution is 5.72. The fraction of sp³-hybridized carbons (Fsp3) is 0.188. The molecule has 0 aliphatic rings. The van der Waals surface area contributed by atoms with Crippen molar-refractivity contribution in [2.24, 2.45) is 0 Å². The highest BCUT2D eigenvalue weighted by atomic mass is 35.5. The van der Waals surface area contributed by atoms with E-state index in [0.29, 0.717) is 11.5 Å². The topological polar surface area (TPSA) is 55.8 Å². The van der Waals surface area contributed by atoms with Gasteiger partial charge in [-0.15, -0.1) is 0 Å². The number of ether oxygens (including phenoxy) is 2. The summed E-state index contributed by atoms with van der Waals surface area (Å²) in [7, 11) is 0. The summed E-state index contributed by atoms with van der Waals surface area (Å²) < 4.78 is 47.9. The lowest BCUT2D eigenvalue weighted by atomic mass is 10.2. The lowest BCUT2D eigenvalue weighted by molar-refractivity contribution is -0.144. The lowest BCUT2D eigenvalue weighted by Gasteiger charge is -2.11. The van der Waals surface area contributed by atoms with Crippen LogP contribution < -0.4 is 21.9 Å². The molecule has 2 rings (SSSR count). The number of carboxylic acid groups (broad SMARTS) is 1. The molecule has 2 aromatic rings. The molecular formula is C16H13ClF3O4-. The summed E-state index contributed by atoms with van der Waals surface area (Å²) in [5.41, 5.74) is -0.753. The van der Waals surface area contributed by atoms with Gasteiger partial charge in [-0.3, -0.25) is 0 Å². The Kier molecular flexibility index (Phi) is 6.48. The predicted molar refractivity (Wildman–Crippen MR) is 75.7 cm³/mol. The number of carbonyl (C=O) groups is 1. The van der Waals surface area contributed by atoms with Gasteiger partial charge in [0.05, 0.1) is 5.56 Å². The van der Waals surface area contributed by atoms with Crippen LogP contribution in [0.2, 0.25) is 0 Å². The minimum atomic E-state index is -4.39. The molecule has 0 heterocycles. The molecule has 0 amide bonds. The van der Waals surface area contributed by atoms with Crippen LogP contribution in [0.5, 0.6) is 17.2 Å². The van der Waals surface area contributed by atoms with Crippen LogP contribution in [-0.4, -0.2) is 17.2 Å². The Morgan fingerprint density at radius 2 is 1.38 bits per heavy atom. The van der Waals surface area contributed by atoms with E-state index in [-0.39, 0.29) is 18.2 Å². The van der Waals surface area contributed by atoms with Crippen molar-refractivity contribution in [3.8, 4) is 17.2 Å². The monoisotopic (exact) mass is 361 g/mol.